The Kier molecular flexibility index (Phi) is 7.24. The van der Waals surface area contributed by atoms with Crippen LogP contribution in [0.15, 0.2) is 30.3 Å². The fourth-order valence-corrected chi connectivity index (χ4v) is 3.48. The smallest absolute Gasteiger partial charge is 0.336 e. The van der Waals surface area contributed by atoms with E-state index >= 15 is 0 Å². The Balaban J connectivity index is 1.63. The summed E-state index contributed by atoms with van der Waals surface area (Å²) in [5, 5.41) is 0. The molecule has 0 N–H and O–H groups in total. The molecule has 1 aromatic carbocycles. The van der Waals surface area contributed by atoms with Crippen LogP contribution in [0.3, 0.4) is 0 Å². The van der Waals surface area contributed by atoms with Gasteiger partial charge in [-0.25, -0.2) is 4.79 Å². The summed E-state index contributed by atoms with van der Waals surface area (Å²) >= 11 is 0. The normalized spacial score (nSPS) is 22.3. The minimum Gasteiger partial charge on any atom is -0.445 e. The minimum absolute atomic E-state index is 0.0418. The molecule has 3 atom stereocenters. The lowest BCUT2D eigenvalue weighted by atomic mass is 10.1. The maximum Gasteiger partial charge on any atom is 0.336 e. The maximum atomic E-state index is 13.0. The number of nitrogens with zero attached hydrogens (tertiary/aromatic N) is 1. The zero-order chi connectivity index (χ0) is 19.1. The molecule has 2 aliphatic heterocycles. The highest BCUT2D eigenvalue weighted by molar-refractivity contribution is 5.86. The van der Waals surface area contributed by atoms with Crippen LogP contribution in [0.1, 0.15) is 50.7 Å². The van der Waals surface area contributed by atoms with E-state index in [4.69, 9.17) is 14.2 Å². The van der Waals surface area contributed by atoms with Gasteiger partial charge in [0.15, 0.2) is 6.10 Å². The van der Waals surface area contributed by atoms with E-state index in [2.05, 4.69) is 0 Å². The third kappa shape index (κ3) is 5.53. The predicted octanol–water partition coefficient (Wildman–Crippen LogP) is 2.87. The molecule has 0 saturated carbocycles. The van der Waals surface area contributed by atoms with Crippen LogP contribution in [0.25, 0.3) is 0 Å². The summed E-state index contributed by atoms with van der Waals surface area (Å²) in [4.78, 5) is 27.4. The first-order chi connectivity index (χ1) is 13.1. The molecule has 148 valence electrons. The Bertz CT molecular complexity index is 608. The largest absolute Gasteiger partial charge is 0.445 e. The summed E-state index contributed by atoms with van der Waals surface area (Å²) < 4.78 is 16.8. The summed E-state index contributed by atoms with van der Waals surface area (Å²) in [5.74, 6) is -0.673. The Hall–Kier alpha value is -1.92. The van der Waals surface area contributed by atoms with Crippen LogP contribution in [0, 0.1) is 0 Å². The number of hydrogen-bond donors (Lipinski definition) is 0. The molecular formula is C21H29NO5. The number of carbonyl (C=O) groups excluding carboxylic acids is 2. The fraction of sp³-hybridized carbons (Fsp3) is 0.619. The molecule has 1 aromatic rings. The van der Waals surface area contributed by atoms with E-state index in [1.54, 1.807) is 11.8 Å². The molecule has 2 saturated heterocycles. The maximum absolute atomic E-state index is 13.0. The molecule has 2 fully saturated rings. The lowest BCUT2D eigenvalue weighted by Crippen LogP contribution is -2.41. The number of hydrogen-bond acceptors (Lipinski definition) is 5. The third-order valence-electron chi connectivity index (χ3n) is 5.12. The number of likely N-dealkylation sites (tertiary alicyclic amines) is 1. The third-order valence-corrected chi connectivity index (χ3v) is 5.12. The van der Waals surface area contributed by atoms with Crippen molar-refractivity contribution < 1.29 is 23.8 Å². The van der Waals surface area contributed by atoms with E-state index < -0.39 is 18.2 Å². The second-order valence-electron chi connectivity index (χ2n) is 7.22. The molecule has 3 unspecified atom stereocenters. The number of benzene rings is 1. The summed E-state index contributed by atoms with van der Waals surface area (Å²) in [7, 11) is 0. The molecule has 0 spiro atoms. The topological polar surface area (TPSA) is 65.1 Å². The van der Waals surface area contributed by atoms with E-state index in [1.807, 2.05) is 30.3 Å². The van der Waals surface area contributed by atoms with Gasteiger partial charge in [0.1, 0.15) is 0 Å². The molecule has 0 radical (unpaired) electrons. The van der Waals surface area contributed by atoms with E-state index in [1.165, 1.54) is 0 Å². The summed E-state index contributed by atoms with van der Waals surface area (Å²) in [5.41, 5.74) is 0.688. The van der Waals surface area contributed by atoms with Crippen molar-refractivity contribution in [2.75, 3.05) is 26.3 Å². The molecule has 6 heteroatoms. The van der Waals surface area contributed by atoms with Crippen molar-refractivity contribution in [3.63, 3.8) is 0 Å². The Labute approximate surface area is 160 Å². The van der Waals surface area contributed by atoms with Gasteiger partial charge in [-0.1, -0.05) is 30.3 Å². The van der Waals surface area contributed by atoms with Crippen LogP contribution >= 0.6 is 0 Å². The average molecular weight is 375 g/mol. The van der Waals surface area contributed by atoms with Crippen molar-refractivity contribution in [1.82, 2.24) is 4.90 Å². The molecule has 0 bridgehead atoms. The van der Waals surface area contributed by atoms with Gasteiger partial charge in [-0.2, -0.15) is 0 Å². The zero-order valence-electron chi connectivity index (χ0n) is 16.0. The number of esters is 1. The monoisotopic (exact) mass is 375 g/mol. The number of ether oxygens (including phenoxy) is 3. The lowest BCUT2D eigenvalue weighted by Gasteiger charge is -2.30. The van der Waals surface area contributed by atoms with Crippen LogP contribution in [0.2, 0.25) is 0 Å². The van der Waals surface area contributed by atoms with Gasteiger partial charge in [-0.3, -0.25) is 4.79 Å². The van der Waals surface area contributed by atoms with E-state index in [9.17, 15) is 9.59 Å². The Morgan fingerprint density at radius 3 is 2.56 bits per heavy atom. The highest BCUT2D eigenvalue weighted by Gasteiger charge is 2.32. The van der Waals surface area contributed by atoms with Gasteiger partial charge in [0.2, 0.25) is 6.10 Å². The van der Waals surface area contributed by atoms with Crippen molar-refractivity contribution in [2.45, 2.75) is 57.3 Å². The number of carbonyl (C=O) groups is 2. The standard InChI is InChI=1S/C21H29NO5/c1-16(26-15-18-11-8-14-25-18)21(24)27-19(17-9-4-2-5-10-17)20(23)22-12-6-3-7-13-22/h2,4-5,9-10,16,18-19H,3,6-8,11-15H2,1H3. The second-order valence-corrected chi connectivity index (χ2v) is 7.22. The molecule has 0 aromatic heterocycles. The van der Waals surface area contributed by atoms with Crippen molar-refractivity contribution >= 4 is 11.9 Å². The number of piperidine rings is 1. The van der Waals surface area contributed by atoms with Gasteiger partial charge in [-0.15, -0.1) is 0 Å². The van der Waals surface area contributed by atoms with Gasteiger partial charge >= 0.3 is 5.97 Å². The second kappa shape index (κ2) is 9.85. The van der Waals surface area contributed by atoms with E-state index in [-0.39, 0.29) is 12.0 Å². The van der Waals surface area contributed by atoms with Gasteiger partial charge in [0.25, 0.3) is 5.91 Å². The lowest BCUT2D eigenvalue weighted by molar-refractivity contribution is -0.171. The minimum atomic E-state index is -0.925. The van der Waals surface area contributed by atoms with E-state index in [0.29, 0.717) is 25.3 Å². The predicted molar refractivity (Wildman–Crippen MR) is 100 cm³/mol. The van der Waals surface area contributed by atoms with Crippen LogP contribution in [0.5, 0.6) is 0 Å². The van der Waals surface area contributed by atoms with Crippen molar-refractivity contribution in [3.05, 3.63) is 35.9 Å². The van der Waals surface area contributed by atoms with Gasteiger partial charge < -0.3 is 19.1 Å². The highest BCUT2D eigenvalue weighted by atomic mass is 16.6. The van der Waals surface area contributed by atoms with Crippen LogP contribution in [-0.4, -0.2) is 55.3 Å². The highest BCUT2D eigenvalue weighted by Crippen LogP contribution is 2.23. The number of amides is 1. The molecule has 1 amide bonds. The molecule has 6 nitrogen and oxygen atoms in total. The first-order valence-corrected chi connectivity index (χ1v) is 9.92. The first-order valence-electron chi connectivity index (χ1n) is 9.92. The first kappa shape index (κ1) is 19.8. The SMILES string of the molecule is CC(OCC1CCCO1)C(=O)OC(C(=O)N1CCCCC1)c1ccccc1. The molecule has 2 heterocycles. The Morgan fingerprint density at radius 2 is 1.89 bits per heavy atom. The number of rotatable bonds is 7. The molecular weight excluding hydrogens is 346 g/mol. The molecule has 27 heavy (non-hydrogen) atoms. The van der Waals surface area contributed by atoms with Crippen molar-refractivity contribution in [3.8, 4) is 0 Å². The summed E-state index contributed by atoms with van der Waals surface area (Å²) in [6.45, 7) is 4.19. The fourth-order valence-electron chi connectivity index (χ4n) is 3.48. The molecule has 3 rings (SSSR count). The Morgan fingerprint density at radius 1 is 1.15 bits per heavy atom. The summed E-state index contributed by atoms with van der Waals surface area (Å²) in [6, 6.07) is 9.20. The summed E-state index contributed by atoms with van der Waals surface area (Å²) in [6.07, 6.45) is 3.45. The van der Waals surface area contributed by atoms with Crippen LogP contribution in [-0.2, 0) is 23.8 Å². The van der Waals surface area contributed by atoms with Crippen molar-refractivity contribution in [1.29, 1.82) is 0 Å². The zero-order valence-corrected chi connectivity index (χ0v) is 16.0. The van der Waals surface area contributed by atoms with Gasteiger partial charge in [0, 0.05) is 25.3 Å². The molecule has 2 aliphatic rings. The van der Waals surface area contributed by atoms with Gasteiger partial charge in [-0.05, 0) is 39.0 Å². The van der Waals surface area contributed by atoms with Crippen LogP contribution < -0.4 is 0 Å². The quantitative estimate of drug-likeness (QED) is 0.686. The average Bonchev–Trinajstić information content (AvgIpc) is 3.24. The molecule has 0 aliphatic carbocycles. The van der Waals surface area contributed by atoms with E-state index in [0.717, 1.165) is 38.7 Å². The van der Waals surface area contributed by atoms with Crippen LogP contribution in [0.4, 0.5) is 0 Å². The van der Waals surface area contributed by atoms with Gasteiger partial charge in [0.05, 0.1) is 12.7 Å². The van der Waals surface area contributed by atoms with Crippen molar-refractivity contribution in [2.24, 2.45) is 0 Å².